The number of carbonyl (C=O) groups excluding carboxylic acids is 1. The smallest absolute Gasteiger partial charge is 0.216 e. The number of hydrogen-bond donors (Lipinski definition) is 0. The largest absolute Gasteiger partial charge is 0.481 e. The molecule has 0 amide bonds. The summed E-state index contributed by atoms with van der Waals surface area (Å²) in [6, 6.07) is 11.7. The van der Waals surface area contributed by atoms with E-state index in [4.69, 9.17) is 4.74 Å². The summed E-state index contributed by atoms with van der Waals surface area (Å²) in [6.45, 7) is 0. The average Bonchev–Trinajstić information content (AvgIpc) is 2.48. The van der Waals surface area contributed by atoms with Crippen molar-refractivity contribution in [1.82, 2.24) is 9.97 Å². The van der Waals surface area contributed by atoms with Gasteiger partial charge in [-0.3, -0.25) is 4.79 Å². The Bertz CT molecular complexity index is 541. The first-order valence-electron chi connectivity index (χ1n) is 6.23. The fourth-order valence-electron chi connectivity index (χ4n) is 1.83. The van der Waals surface area contributed by atoms with Crippen LogP contribution in [0, 0.1) is 0 Å². The van der Waals surface area contributed by atoms with Crippen molar-refractivity contribution in [2.75, 3.05) is 7.11 Å². The van der Waals surface area contributed by atoms with Gasteiger partial charge in [0.05, 0.1) is 7.11 Å². The van der Waals surface area contributed by atoms with Crippen LogP contribution in [0.25, 0.3) is 0 Å². The zero-order valence-corrected chi connectivity index (χ0v) is 10.9. The van der Waals surface area contributed by atoms with Crippen molar-refractivity contribution < 1.29 is 9.53 Å². The molecule has 0 aliphatic carbocycles. The van der Waals surface area contributed by atoms with E-state index in [9.17, 15) is 4.79 Å². The summed E-state index contributed by atoms with van der Waals surface area (Å²) in [4.78, 5) is 19.8. The normalized spacial score (nSPS) is 10.2. The molecule has 98 valence electrons. The summed E-state index contributed by atoms with van der Waals surface area (Å²) in [7, 11) is 1.52. The number of carbonyl (C=O) groups is 1. The molecule has 0 saturated heterocycles. The molecule has 1 aromatic heterocycles. The fourth-order valence-corrected chi connectivity index (χ4v) is 1.83. The molecule has 0 unspecified atom stereocenters. The molecule has 0 bridgehead atoms. The summed E-state index contributed by atoms with van der Waals surface area (Å²) in [6.07, 6.45) is 3.54. The minimum atomic E-state index is 0.0247. The van der Waals surface area contributed by atoms with E-state index in [1.54, 1.807) is 6.07 Å². The van der Waals surface area contributed by atoms with E-state index in [-0.39, 0.29) is 5.78 Å². The number of aryl methyl sites for hydroxylation is 1. The van der Waals surface area contributed by atoms with Gasteiger partial charge in [0.15, 0.2) is 5.78 Å². The summed E-state index contributed by atoms with van der Waals surface area (Å²) < 4.78 is 4.98. The first-order valence-corrected chi connectivity index (χ1v) is 6.23. The first kappa shape index (κ1) is 13.2. The lowest BCUT2D eigenvalue weighted by atomic mass is 10.1. The zero-order chi connectivity index (χ0) is 13.5. The summed E-state index contributed by atoms with van der Waals surface area (Å²) in [5.74, 6) is 0.443. The lowest BCUT2D eigenvalue weighted by Crippen LogP contribution is -2.04. The Hall–Kier alpha value is -2.23. The second kappa shape index (κ2) is 6.64. The predicted molar refractivity (Wildman–Crippen MR) is 72.3 cm³/mol. The Morgan fingerprint density at radius 1 is 1.21 bits per heavy atom. The minimum Gasteiger partial charge on any atom is -0.481 e. The number of hydrogen-bond acceptors (Lipinski definition) is 4. The Kier molecular flexibility index (Phi) is 4.61. The van der Waals surface area contributed by atoms with Crippen LogP contribution in [0.5, 0.6) is 5.88 Å². The van der Waals surface area contributed by atoms with Crippen LogP contribution >= 0.6 is 0 Å². The van der Waals surface area contributed by atoms with Gasteiger partial charge in [0.1, 0.15) is 12.0 Å². The molecule has 0 radical (unpaired) electrons. The van der Waals surface area contributed by atoms with E-state index in [2.05, 4.69) is 22.1 Å². The number of aromatic nitrogens is 2. The maximum Gasteiger partial charge on any atom is 0.216 e. The van der Waals surface area contributed by atoms with E-state index in [0.29, 0.717) is 18.0 Å². The van der Waals surface area contributed by atoms with Gasteiger partial charge in [-0.05, 0) is 18.4 Å². The monoisotopic (exact) mass is 256 g/mol. The van der Waals surface area contributed by atoms with Crippen LogP contribution in [-0.4, -0.2) is 22.9 Å². The molecule has 19 heavy (non-hydrogen) atoms. The molecule has 2 rings (SSSR count). The maximum absolute atomic E-state index is 12.0. The van der Waals surface area contributed by atoms with Crippen molar-refractivity contribution in [2.24, 2.45) is 0 Å². The van der Waals surface area contributed by atoms with Crippen molar-refractivity contribution in [3.8, 4) is 5.88 Å². The molecule has 1 heterocycles. The molecule has 0 fully saturated rings. The third-order valence-electron chi connectivity index (χ3n) is 2.85. The highest BCUT2D eigenvalue weighted by molar-refractivity contribution is 5.94. The number of ketones is 1. The number of nitrogens with zero attached hydrogens (tertiary/aromatic N) is 2. The fraction of sp³-hybridized carbons (Fsp3) is 0.267. The molecule has 4 heteroatoms. The van der Waals surface area contributed by atoms with Crippen molar-refractivity contribution >= 4 is 5.78 Å². The molecule has 0 spiro atoms. The molecule has 2 aromatic rings. The quantitative estimate of drug-likeness (QED) is 0.746. The first-order chi connectivity index (χ1) is 9.29. The minimum absolute atomic E-state index is 0.0247. The lowest BCUT2D eigenvalue weighted by molar-refractivity contribution is 0.0974. The highest BCUT2D eigenvalue weighted by Gasteiger charge is 2.08. The predicted octanol–water partition coefficient (Wildman–Crippen LogP) is 2.69. The Balaban J connectivity index is 1.87. The van der Waals surface area contributed by atoms with Crippen LogP contribution in [-0.2, 0) is 6.42 Å². The lowest BCUT2D eigenvalue weighted by Gasteiger charge is -2.03. The second-order valence-corrected chi connectivity index (χ2v) is 4.21. The number of methoxy groups -OCH3 is 1. The molecule has 0 N–H and O–H groups in total. The second-order valence-electron chi connectivity index (χ2n) is 4.21. The van der Waals surface area contributed by atoms with Crippen molar-refractivity contribution in [3.05, 3.63) is 54.0 Å². The van der Waals surface area contributed by atoms with Crippen LogP contribution in [0.4, 0.5) is 0 Å². The van der Waals surface area contributed by atoms with Gasteiger partial charge in [0, 0.05) is 12.5 Å². The van der Waals surface area contributed by atoms with E-state index in [1.807, 2.05) is 18.2 Å². The number of rotatable bonds is 6. The number of Topliss-reactive ketones (excluding diaryl/α,β-unsaturated/α-hetero) is 1. The van der Waals surface area contributed by atoms with E-state index >= 15 is 0 Å². The van der Waals surface area contributed by atoms with Gasteiger partial charge in [0.2, 0.25) is 5.88 Å². The van der Waals surface area contributed by atoms with Gasteiger partial charge < -0.3 is 4.74 Å². The topological polar surface area (TPSA) is 52.1 Å². The van der Waals surface area contributed by atoms with E-state index < -0.39 is 0 Å². The van der Waals surface area contributed by atoms with E-state index in [1.165, 1.54) is 19.0 Å². The van der Waals surface area contributed by atoms with Crippen molar-refractivity contribution in [1.29, 1.82) is 0 Å². The van der Waals surface area contributed by atoms with Crippen molar-refractivity contribution in [2.45, 2.75) is 19.3 Å². The Morgan fingerprint density at radius 3 is 2.74 bits per heavy atom. The van der Waals surface area contributed by atoms with Crippen LogP contribution in [0.1, 0.15) is 28.9 Å². The molecule has 1 aromatic carbocycles. The third-order valence-corrected chi connectivity index (χ3v) is 2.85. The van der Waals surface area contributed by atoms with Crippen LogP contribution in [0.15, 0.2) is 42.7 Å². The molecule has 0 saturated carbocycles. The average molecular weight is 256 g/mol. The van der Waals surface area contributed by atoms with Gasteiger partial charge >= 0.3 is 0 Å². The molecule has 4 nitrogen and oxygen atoms in total. The van der Waals surface area contributed by atoms with Gasteiger partial charge in [-0.2, -0.15) is 0 Å². The molecule has 0 atom stereocenters. The number of ether oxygens (including phenoxy) is 1. The molecule has 0 aliphatic heterocycles. The standard InChI is InChI=1S/C15H16N2O2/c1-19-15-10-13(16-11-17-15)14(18)9-5-8-12-6-3-2-4-7-12/h2-4,6-7,10-11H,5,8-9H2,1H3. The van der Waals surface area contributed by atoms with Gasteiger partial charge in [-0.15, -0.1) is 0 Å². The zero-order valence-electron chi connectivity index (χ0n) is 10.9. The van der Waals surface area contributed by atoms with Crippen LogP contribution < -0.4 is 4.74 Å². The van der Waals surface area contributed by atoms with Gasteiger partial charge in [-0.25, -0.2) is 9.97 Å². The maximum atomic E-state index is 12.0. The third kappa shape index (κ3) is 3.88. The van der Waals surface area contributed by atoms with Gasteiger partial charge in [0.25, 0.3) is 0 Å². The highest BCUT2D eigenvalue weighted by Crippen LogP contribution is 2.11. The van der Waals surface area contributed by atoms with Crippen molar-refractivity contribution in [3.63, 3.8) is 0 Å². The van der Waals surface area contributed by atoms with Crippen LogP contribution in [0.3, 0.4) is 0 Å². The Morgan fingerprint density at radius 2 is 2.00 bits per heavy atom. The summed E-state index contributed by atoms with van der Waals surface area (Å²) in [5.41, 5.74) is 1.66. The van der Waals surface area contributed by atoms with Crippen LogP contribution in [0.2, 0.25) is 0 Å². The summed E-state index contributed by atoms with van der Waals surface area (Å²) in [5, 5.41) is 0. The molecule has 0 aliphatic rings. The van der Waals surface area contributed by atoms with E-state index in [0.717, 1.165) is 12.8 Å². The van der Waals surface area contributed by atoms with Gasteiger partial charge in [-0.1, -0.05) is 30.3 Å². The number of benzene rings is 1. The highest BCUT2D eigenvalue weighted by atomic mass is 16.5. The summed E-state index contributed by atoms with van der Waals surface area (Å²) >= 11 is 0. The molecular formula is C15H16N2O2. The SMILES string of the molecule is COc1cc(C(=O)CCCc2ccccc2)ncn1. The Labute approximate surface area is 112 Å². The molecular weight excluding hydrogens is 240 g/mol.